The minimum absolute atomic E-state index is 0. The minimum Gasteiger partial charge on any atom is -1.00 e. The van der Waals surface area contributed by atoms with E-state index in [1.54, 1.807) is 13.8 Å². The molecule has 0 heterocycles. The molecule has 0 aliphatic heterocycles. The van der Waals surface area contributed by atoms with E-state index in [0.717, 1.165) is 0 Å². The molecular formula is C7H15Cl2MgO4P. The summed E-state index contributed by atoms with van der Waals surface area (Å²) in [6.45, 7) is 5.39. The number of halogens is 2. The van der Waals surface area contributed by atoms with Gasteiger partial charge in [-0.15, -0.1) is 0 Å². The molecule has 15 heavy (non-hydrogen) atoms. The smallest absolute Gasteiger partial charge is 1.00 e. The van der Waals surface area contributed by atoms with Gasteiger partial charge in [0.15, 0.2) is 0 Å². The van der Waals surface area contributed by atoms with E-state index in [1.165, 1.54) is 6.92 Å². The van der Waals surface area contributed by atoms with Crippen molar-refractivity contribution in [2.75, 3.05) is 19.4 Å². The van der Waals surface area contributed by atoms with Gasteiger partial charge in [-0.1, -0.05) is 0 Å². The van der Waals surface area contributed by atoms with Crippen LogP contribution in [-0.2, 0) is 18.4 Å². The average molecular weight is 289 g/mol. The van der Waals surface area contributed by atoms with Gasteiger partial charge in [-0.2, -0.15) is 0 Å². The van der Waals surface area contributed by atoms with Crippen molar-refractivity contribution in [1.82, 2.24) is 0 Å². The Bertz CT molecular complexity index is 193. The van der Waals surface area contributed by atoms with Crippen LogP contribution in [0.25, 0.3) is 0 Å². The van der Waals surface area contributed by atoms with E-state index < -0.39 is 7.60 Å². The van der Waals surface area contributed by atoms with E-state index >= 15 is 0 Å². The predicted molar refractivity (Wildman–Crippen MR) is 52.2 cm³/mol. The van der Waals surface area contributed by atoms with Gasteiger partial charge in [0, 0.05) is 0 Å². The summed E-state index contributed by atoms with van der Waals surface area (Å²) >= 11 is 0. The molecule has 0 aliphatic carbocycles. The third kappa shape index (κ3) is 13.1. The van der Waals surface area contributed by atoms with Crippen molar-refractivity contribution in [1.29, 1.82) is 0 Å². The summed E-state index contributed by atoms with van der Waals surface area (Å²) in [6.07, 6.45) is -0.130. The number of Topliss-reactive ketones (excluding diaryl/α,β-unsaturated/α-hetero) is 1. The van der Waals surface area contributed by atoms with Crippen molar-refractivity contribution in [2.24, 2.45) is 0 Å². The van der Waals surface area contributed by atoms with Gasteiger partial charge >= 0.3 is 30.6 Å². The number of rotatable bonds is 6. The van der Waals surface area contributed by atoms with Crippen LogP contribution in [0.5, 0.6) is 0 Å². The van der Waals surface area contributed by atoms with Crippen LogP contribution in [0.4, 0.5) is 0 Å². The molecule has 0 aromatic heterocycles. The van der Waals surface area contributed by atoms with Crippen LogP contribution in [0.2, 0.25) is 0 Å². The number of ketones is 1. The molecule has 0 radical (unpaired) electrons. The fraction of sp³-hybridized carbons (Fsp3) is 0.857. The van der Waals surface area contributed by atoms with Crippen molar-refractivity contribution in [3.8, 4) is 0 Å². The van der Waals surface area contributed by atoms with Crippen molar-refractivity contribution in [2.45, 2.75) is 20.8 Å². The van der Waals surface area contributed by atoms with E-state index in [4.69, 9.17) is 9.05 Å². The first-order valence-corrected chi connectivity index (χ1v) is 5.64. The Morgan fingerprint density at radius 3 is 1.67 bits per heavy atom. The molecule has 0 saturated heterocycles. The van der Waals surface area contributed by atoms with Crippen LogP contribution in [0.1, 0.15) is 20.8 Å². The molecule has 0 aromatic rings. The van der Waals surface area contributed by atoms with Crippen molar-refractivity contribution in [3.63, 3.8) is 0 Å². The Hall–Kier alpha value is 1.17. The zero-order chi connectivity index (χ0) is 9.61. The average Bonchev–Trinajstić information content (AvgIpc) is 1.85. The number of hydrogen-bond donors (Lipinski definition) is 0. The normalized spacial score (nSPS) is 9.27. The minimum atomic E-state index is -3.12. The third-order valence-electron chi connectivity index (χ3n) is 1.07. The van der Waals surface area contributed by atoms with Gasteiger partial charge in [-0.3, -0.25) is 9.36 Å². The Morgan fingerprint density at radius 2 is 1.47 bits per heavy atom. The van der Waals surface area contributed by atoms with Crippen molar-refractivity contribution >= 4 is 36.4 Å². The molecule has 4 nitrogen and oxygen atoms in total. The molecule has 0 bridgehead atoms. The molecule has 0 saturated carbocycles. The Labute approximate surface area is 119 Å². The molecule has 0 aliphatic rings. The Kier molecular flexibility index (Phi) is 22.2. The number of carbonyl (C=O) groups is 1. The molecule has 0 aromatic carbocycles. The van der Waals surface area contributed by atoms with Crippen molar-refractivity contribution in [3.05, 3.63) is 0 Å². The summed E-state index contributed by atoms with van der Waals surface area (Å²) in [4.78, 5) is 10.7. The zero-order valence-electron chi connectivity index (χ0n) is 9.16. The molecule has 0 rings (SSSR count). The maximum Gasteiger partial charge on any atom is 2.00 e. The first-order chi connectivity index (χ1) is 5.54. The largest absolute Gasteiger partial charge is 2.00 e. The van der Waals surface area contributed by atoms with Gasteiger partial charge in [0.05, 0.1) is 13.2 Å². The fourth-order valence-corrected chi connectivity index (χ4v) is 2.38. The second-order valence-corrected chi connectivity index (χ2v) is 4.36. The maximum absolute atomic E-state index is 11.6. The SMILES string of the molecule is CCOP(=O)(CC(C)=O)OCC.[Cl-].[Cl-].[Mg+2]. The molecule has 8 heteroatoms. The Balaban J connectivity index is -0.000000202. The van der Waals surface area contributed by atoms with Crippen LogP contribution in [-0.4, -0.2) is 48.2 Å². The Morgan fingerprint density at radius 1 is 1.13 bits per heavy atom. The van der Waals surface area contributed by atoms with Crippen LogP contribution in [0.15, 0.2) is 0 Å². The maximum atomic E-state index is 11.6. The fourth-order valence-electron chi connectivity index (χ4n) is 0.795. The van der Waals surface area contributed by atoms with E-state index in [1.807, 2.05) is 0 Å². The number of hydrogen-bond acceptors (Lipinski definition) is 4. The van der Waals surface area contributed by atoms with Gasteiger partial charge in [0.25, 0.3) is 0 Å². The van der Waals surface area contributed by atoms with Crippen molar-refractivity contribution < 1.29 is 43.2 Å². The predicted octanol–water partition coefficient (Wildman–Crippen LogP) is -4.53. The van der Waals surface area contributed by atoms with E-state index in [9.17, 15) is 9.36 Å². The van der Waals surface area contributed by atoms with Gasteiger partial charge in [0.2, 0.25) is 0 Å². The third-order valence-corrected chi connectivity index (χ3v) is 3.20. The molecule has 0 N–H and O–H groups in total. The monoisotopic (exact) mass is 288 g/mol. The molecule has 0 fully saturated rings. The number of carbonyl (C=O) groups excluding carboxylic acids is 1. The topological polar surface area (TPSA) is 52.6 Å². The molecule has 0 atom stereocenters. The first-order valence-electron chi connectivity index (χ1n) is 3.91. The van der Waals surface area contributed by atoms with Crippen LogP contribution in [0.3, 0.4) is 0 Å². The molecule has 0 spiro atoms. The molecule has 0 unspecified atom stereocenters. The summed E-state index contributed by atoms with van der Waals surface area (Å²) < 4.78 is 21.3. The van der Waals surface area contributed by atoms with Gasteiger partial charge in [-0.25, -0.2) is 0 Å². The van der Waals surface area contributed by atoms with E-state index in [0.29, 0.717) is 13.2 Å². The van der Waals surface area contributed by atoms with Gasteiger partial charge in [0.1, 0.15) is 11.9 Å². The summed E-state index contributed by atoms with van der Waals surface area (Å²) in [5, 5.41) is 0. The standard InChI is InChI=1S/C7H15O4P.2ClH.Mg/c1-4-10-12(9,11-5-2)6-7(3)8;;;/h4-6H2,1-3H3;2*1H;/q;;;+2/p-2. The zero-order valence-corrected chi connectivity index (χ0v) is 13.0. The van der Waals surface area contributed by atoms with Gasteiger partial charge in [-0.05, 0) is 20.8 Å². The molecular weight excluding hydrogens is 274 g/mol. The van der Waals surface area contributed by atoms with Crippen LogP contribution < -0.4 is 24.8 Å². The summed E-state index contributed by atoms with van der Waals surface area (Å²) in [5.41, 5.74) is 0. The summed E-state index contributed by atoms with van der Waals surface area (Å²) in [5.74, 6) is -0.180. The van der Waals surface area contributed by atoms with Crippen LogP contribution in [0, 0.1) is 0 Å². The molecule has 0 amide bonds. The molecule has 88 valence electrons. The quantitative estimate of drug-likeness (QED) is 0.365. The summed E-state index contributed by atoms with van der Waals surface area (Å²) in [6, 6.07) is 0. The second kappa shape index (κ2) is 13.2. The summed E-state index contributed by atoms with van der Waals surface area (Å²) in [7, 11) is -3.12. The second-order valence-electron chi connectivity index (χ2n) is 2.31. The van der Waals surface area contributed by atoms with Gasteiger partial charge < -0.3 is 33.9 Å². The first kappa shape index (κ1) is 25.1. The van der Waals surface area contributed by atoms with E-state index in [-0.39, 0.29) is 59.8 Å². The van der Waals surface area contributed by atoms with Crippen LogP contribution >= 0.6 is 7.60 Å². The van der Waals surface area contributed by atoms with E-state index in [2.05, 4.69) is 0 Å².